The lowest BCUT2D eigenvalue weighted by Gasteiger charge is -1.92. The van der Waals surface area contributed by atoms with Crippen LogP contribution in [0.4, 0.5) is 0 Å². The van der Waals surface area contributed by atoms with E-state index in [0.29, 0.717) is 10.4 Å². The van der Waals surface area contributed by atoms with Crippen LogP contribution in [0.5, 0.6) is 0 Å². The van der Waals surface area contributed by atoms with Crippen LogP contribution in [-0.4, -0.2) is 14.9 Å². The first kappa shape index (κ1) is 9.48. The minimum Gasteiger partial charge on any atom is -0.448 e. The number of aliphatic hydroxyl groups is 1. The fraction of sp³-hybridized carbons (Fsp3) is 0.222. The van der Waals surface area contributed by atoms with Crippen LogP contribution in [-0.2, 0) is 13.7 Å². The van der Waals surface area contributed by atoms with E-state index >= 15 is 0 Å². The van der Waals surface area contributed by atoms with Crippen LogP contribution in [0.15, 0.2) is 27.3 Å². The first-order valence-electron chi connectivity index (χ1n) is 4.10. The summed E-state index contributed by atoms with van der Waals surface area (Å²) in [7, 11) is 1.78. The third-order valence-corrected chi connectivity index (χ3v) is 2.39. The molecule has 1 N–H and O–H groups in total. The van der Waals surface area contributed by atoms with Gasteiger partial charge in [-0.05, 0) is 34.1 Å². The second-order valence-electron chi connectivity index (χ2n) is 2.91. The molecule has 2 aromatic rings. The van der Waals surface area contributed by atoms with E-state index in [1.54, 1.807) is 17.8 Å². The van der Waals surface area contributed by atoms with Gasteiger partial charge in [0.15, 0.2) is 10.4 Å². The maximum atomic E-state index is 8.98. The van der Waals surface area contributed by atoms with Gasteiger partial charge in [-0.25, -0.2) is 0 Å². The quantitative estimate of drug-likeness (QED) is 0.894. The number of halogens is 1. The number of aromatic nitrogens is 2. The molecule has 2 heterocycles. The molecule has 0 bridgehead atoms. The Bertz CT molecular complexity index is 447. The Labute approximate surface area is 89.3 Å². The molecule has 0 atom stereocenters. The van der Waals surface area contributed by atoms with Gasteiger partial charge in [-0.15, -0.1) is 0 Å². The second-order valence-corrected chi connectivity index (χ2v) is 3.69. The van der Waals surface area contributed by atoms with Crippen LogP contribution in [0.1, 0.15) is 5.69 Å². The van der Waals surface area contributed by atoms with Gasteiger partial charge in [0.25, 0.3) is 0 Å². The van der Waals surface area contributed by atoms with Gasteiger partial charge in [-0.3, -0.25) is 4.68 Å². The van der Waals surface area contributed by atoms with Crippen LogP contribution in [0, 0.1) is 0 Å². The van der Waals surface area contributed by atoms with Crippen LogP contribution >= 0.6 is 15.9 Å². The summed E-state index contributed by atoms with van der Waals surface area (Å²) in [5.74, 6) is 0.687. The number of furan rings is 1. The molecule has 4 nitrogen and oxygen atoms in total. The number of aryl methyl sites for hydroxylation is 1. The highest BCUT2D eigenvalue weighted by Crippen LogP contribution is 2.24. The van der Waals surface area contributed by atoms with Gasteiger partial charge < -0.3 is 9.52 Å². The summed E-state index contributed by atoms with van der Waals surface area (Å²) < 4.78 is 7.64. The SMILES string of the molecule is Cn1nc(-c2ccc(Br)o2)cc1CO. The normalized spacial score (nSPS) is 10.8. The molecule has 0 amide bonds. The fourth-order valence-corrected chi connectivity index (χ4v) is 1.53. The molecule has 74 valence electrons. The molecule has 0 spiro atoms. The van der Waals surface area contributed by atoms with Gasteiger partial charge in [-0.1, -0.05) is 0 Å². The maximum absolute atomic E-state index is 8.98. The van der Waals surface area contributed by atoms with Gasteiger partial charge in [0.2, 0.25) is 0 Å². The lowest BCUT2D eigenvalue weighted by Crippen LogP contribution is -1.96. The Morgan fingerprint density at radius 1 is 1.57 bits per heavy atom. The Hall–Kier alpha value is -1.07. The maximum Gasteiger partial charge on any atom is 0.169 e. The van der Waals surface area contributed by atoms with Crippen molar-refractivity contribution in [3.63, 3.8) is 0 Å². The van der Waals surface area contributed by atoms with E-state index < -0.39 is 0 Å². The molecule has 0 saturated carbocycles. The zero-order valence-electron chi connectivity index (χ0n) is 7.57. The van der Waals surface area contributed by atoms with Crippen molar-refractivity contribution in [3.8, 4) is 11.5 Å². The van der Waals surface area contributed by atoms with Crippen molar-refractivity contribution in [2.75, 3.05) is 0 Å². The zero-order valence-corrected chi connectivity index (χ0v) is 9.15. The van der Waals surface area contributed by atoms with Crippen LogP contribution < -0.4 is 0 Å². The minimum atomic E-state index is -0.0224. The monoisotopic (exact) mass is 256 g/mol. The van der Waals surface area contributed by atoms with Gasteiger partial charge >= 0.3 is 0 Å². The molecule has 0 radical (unpaired) electrons. The van der Waals surface area contributed by atoms with Crippen molar-refractivity contribution in [2.45, 2.75) is 6.61 Å². The molecule has 2 rings (SSSR count). The van der Waals surface area contributed by atoms with E-state index in [4.69, 9.17) is 9.52 Å². The van der Waals surface area contributed by atoms with Crippen molar-refractivity contribution < 1.29 is 9.52 Å². The Morgan fingerprint density at radius 2 is 2.36 bits per heavy atom. The highest BCUT2D eigenvalue weighted by Gasteiger charge is 2.09. The van der Waals surface area contributed by atoms with Crippen LogP contribution in [0.2, 0.25) is 0 Å². The topological polar surface area (TPSA) is 51.2 Å². The predicted molar refractivity (Wildman–Crippen MR) is 54.5 cm³/mol. The summed E-state index contributed by atoms with van der Waals surface area (Å²) >= 11 is 3.22. The van der Waals surface area contributed by atoms with Crippen molar-refractivity contribution >= 4 is 15.9 Å². The molecule has 5 heteroatoms. The van der Waals surface area contributed by atoms with E-state index in [9.17, 15) is 0 Å². The molecule has 0 aliphatic rings. The van der Waals surface area contributed by atoms with E-state index in [-0.39, 0.29) is 6.61 Å². The van der Waals surface area contributed by atoms with Crippen LogP contribution in [0.3, 0.4) is 0 Å². The van der Waals surface area contributed by atoms with E-state index in [1.165, 1.54) is 0 Å². The molecule has 0 fully saturated rings. The number of nitrogens with zero attached hydrogens (tertiary/aromatic N) is 2. The lowest BCUT2D eigenvalue weighted by atomic mass is 10.3. The van der Waals surface area contributed by atoms with Gasteiger partial charge in [0.05, 0.1) is 12.3 Å². The summed E-state index contributed by atoms with van der Waals surface area (Å²) in [5.41, 5.74) is 1.48. The average Bonchev–Trinajstić information content (AvgIpc) is 2.71. The van der Waals surface area contributed by atoms with Gasteiger partial charge in [0.1, 0.15) is 5.69 Å². The molecular weight excluding hydrogens is 248 g/mol. The molecule has 0 unspecified atom stereocenters. The third kappa shape index (κ3) is 1.60. The minimum absolute atomic E-state index is 0.0224. The second kappa shape index (κ2) is 3.59. The summed E-state index contributed by atoms with van der Waals surface area (Å²) in [6.07, 6.45) is 0. The number of rotatable bonds is 2. The number of aliphatic hydroxyl groups excluding tert-OH is 1. The highest BCUT2D eigenvalue weighted by atomic mass is 79.9. The van der Waals surface area contributed by atoms with Crippen LogP contribution in [0.25, 0.3) is 11.5 Å². The Kier molecular flexibility index (Phi) is 2.43. The summed E-state index contributed by atoms with van der Waals surface area (Å²) in [5, 5.41) is 13.2. The average molecular weight is 257 g/mol. The van der Waals surface area contributed by atoms with Gasteiger partial charge in [-0.2, -0.15) is 5.10 Å². The van der Waals surface area contributed by atoms with Gasteiger partial charge in [0, 0.05) is 7.05 Å². The molecule has 0 aliphatic heterocycles. The number of hydrogen-bond donors (Lipinski definition) is 1. The van der Waals surface area contributed by atoms with E-state index in [0.717, 1.165) is 11.4 Å². The summed E-state index contributed by atoms with van der Waals surface area (Å²) in [4.78, 5) is 0. The predicted octanol–water partition coefficient (Wildman–Crippen LogP) is 1.93. The summed E-state index contributed by atoms with van der Waals surface area (Å²) in [6.45, 7) is -0.0224. The largest absolute Gasteiger partial charge is 0.448 e. The van der Waals surface area contributed by atoms with Crippen molar-refractivity contribution in [2.24, 2.45) is 7.05 Å². The third-order valence-electron chi connectivity index (χ3n) is 1.96. The number of hydrogen-bond acceptors (Lipinski definition) is 3. The fourth-order valence-electron chi connectivity index (χ4n) is 1.23. The van der Waals surface area contributed by atoms with E-state index in [2.05, 4.69) is 21.0 Å². The smallest absolute Gasteiger partial charge is 0.169 e. The molecule has 2 aromatic heterocycles. The first-order valence-corrected chi connectivity index (χ1v) is 4.89. The van der Waals surface area contributed by atoms with E-state index in [1.807, 2.05) is 12.1 Å². The molecular formula is C9H9BrN2O2. The van der Waals surface area contributed by atoms with Crippen molar-refractivity contribution in [1.82, 2.24) is 9.78 Å². The van der Waals surface area contributed by atoms with Crippen molar-refractivity contribution in [3.05, 3.63) is 28.6 Å². The Balaban J connectivity index is 2.42. The molecule has 0 aromatic carbocycles. The zero-order chi connectivity index (χ0) is 10.1. The lowest BCUT2D eigenvalue weighted by molar-refractivity contribution is 0.270. The Morgan fingerprint density at radius 3 is 2.86 bits per heavy atom. The standard InChI is InChI=1S/C9H9BrN2O2/c1-12-6(5-13)4-7(11-12)8-2-3-9(10)14-8/h2-4,13H,5H2,1H3. The first-order chi connectivity index (χ1) is 6.70. The molecule has 0 aliphatic carbocycles. The van der Waals surface area contributed by atoms with Crippen molar-refractivity contribution in [1.29, 1.82) is 0 Å². The highest BCUT2D eigenvalue weighted by molar-refractivity contribution is 9.10. The summed E-state index contributed by atoms with van der Waals surface area (Å²) in [6, 6.07) is 5.43. The molecule has 14 heavy (non-hydrogen) atoms. The molecule has 0 saturated heterocycles.